The van der Waals surface area contributed by atoms with Crippen LogP contribution in [-0.2, 0) is 19.1 Å². The summed E-state index contributed by atoms with van der Waals surface area (Å²) in [6.07, 6.45) is 9.86. The Morgan fingerprint density at radius 3 is 2.63 bits per heavy atom. The van der Waals surface area contributed by atoms with E-state index < -0.39 is 27.4 Å². The van der Waals surface area contributed by atoms with Gasteiger partial charge in [-0.05, 0) is 50.5 Å². The van der Waals surface area contributed by atoms with Gasteiger partial charge in [0.2, 0.25) is 5.91 Å². The molecule has 2 fully saturated rings. The predicted octanol–water partition coefficient (Wildman–Crippen LogP) is 3.21. The highest BCUT2D eigenvalue weighted by atomic mass is 35.5. The lowest BCUT2D eigenvalue weighted by Crippen LogP contribution is -2.53. The number of carbonyl (C=O) groups excluding carboxylic acids is 3. The minimum Gasteiger partial charge on any atom is -0.465 e. The number of rotatable bonds is 4. The van der Waals surface area contributed by atoms with Gasteiger partial charge in [-0.3, -0.25) is 14.4 Å². The summed E-state index contributed by atoms with van der Waals surface area (Å²) in [7, 11) is 0. The Morgan fingerprint density at radius 2 is 1.89 bits per heavy atom. The monoisotopic (exact) mass is 516 g/mol. The number of aliphatic hydroxyl groups excluding tert-OH is 1. The number of ether oxygens (including phenoxy) is 1. The maximum absolute atomic E-state index is 14.2. The molecule has 1 spiro atoms. The smallest absolute Gasteiger partial charge is 0.311 e. The highest BCUT2D eigenvalue weighted by Crippen LogP contribution is 2.65. The van der Waals surface area contributed by atoms with Crippen molar-refractivity contribution in [2.75, 3.05) is 31.2 Å². The predicted molar refractivity (Wildman–Crippen MR) is 135 cm³/mol. The summed E-state index contributed by atoms with van der Waals surface area (Å²) in [5.41, 5.74) is 0.690. The van der Waals surface area contributed by atoms with Gasteiger partial charge < -0.3 is 19.6 Å². The molecule has 1 unspecified atom stereocenters. The van der Waals surface area contributed by atoms with E-state index in [1.165, 1.54) is 11.8 Å². The number of aliphatic hydroxyl groups is 1. The van der Waals surface area contributed by atoms with Gasteiger partial charge in [-0.25, -0.2) is 0 Å². The van der Waals surface area contributed by atoms with E-state index in [1.54, 1.807) is 34.1 Å². The molecular formula is C26H29ClN2O5S. The van der Waals surface area contributed by atoms with Gasteiger partial charge >= 0.3 is 5.97 Å². The van der Waals surface area contributed by atoms with Crippen molar-refractivity contribution in [3.05, 3.63) is 53.6 Å². The molecule has 5 rings (SSSR count). The van der Waals surface area contributed by atoms with Crippen LogP contribution in [0.3, 0.4) is 0 Å². The van der Waals surface area contributed by atoms with Crippen LogP contribution < -0.4 is 4.90 Å². The van der Waals surface area contributed by atoms with Gasteiger partial charge in [-0.1, -0.05) is 35.9 Å². The summed E-state index contributed by atoms with van der Waals surface area (Å²) >= 11 is 7.59. The molecule has 1 aromatic rings. The Hall–Kier alpha value is -2.29. The van der Waals surface area contributed by atoms with E-state index in [4.69, 9.17) is 16.3 Å². The first-order chi connectivity index (χ1) is 16.8. The number of thioether (sulfide) groups is 1. The van der Waals surface area contributed by atoms with Crippen LogP contribution in [0.25, 0.3) is 0 Å². The number of hydrogen-bond donors (Lipinski definition) is 1. The SMILES string of the molecule is C[C@]12/C=C\CCCOC(=O)[C@H]1[C@H]1C(=O)N(CCCO)C3C(=O)N(c4ccc(Cl)cc4)CC=C[C@@]31S2. The third-order valence-electron chi connectivity index (χ3n) is 7.45. The van der Waals surface area contributed by atoms with Gasteiger partial charge in [0.15, 0.2) is 0 Å². The van der Waals surface area contributed by atoms with Crippen LogP contribution in [0.2, 0.25) is 5.02 Å². The number of halogens is 1. The summed E-state index contributed by atoms with van der Waals surface area (Å²) < 4.78 is 4.00. The average Bonchev–Trinajstić information content (AvgIpc) is 3.17. The minimum absolute atomic E-state index is 0.0990. The van der Waals surface area contributed by atoms with Crippen molar-refractivity contribution in [1.82, 2.24) is 4.90 Å². The fraction of sp³-hybridized carbons (Fsp3) is 0.500. The van der Waals surface area contributed by atoms with E-state index in [-0.39, 0.29) is 30.9 Å². The Labute approximate surface area is 214 Å². The number of cyclic esters (lactones) is 1. The molecule has 4 aliphatic heterocycles. The topological polar surface area (TPSA) is 87.1 Å². The van der Waals surface area contributed by atoms with Gasteiger partial charge in [0.25, 0.3) is 5.91 Å². The lowest BCUT2D eigenvalue weighted by Gasteiger charge is -2.36. The third-order valence-corrected chi connectivity index (χ3v) is 9.49. The van der Waals surface area contributed by atoms with E-state index >= 15 is 0 Å². The van der Waals surface area contributed by atoms with Crippen LogP contribution in [0.4, 0.5) is 5.69 Å². The molecular weight excluding hydrogens is 488 g/mol. The highest BCUT2D eigenvalue weighted by molar-refractivity contribution is 8.02. The van der Waals surface area contributed by atoms with E-state index in [0.29, 0.717) is 30.3 Å². The molecule has 9 heteroatoms. The van der Waals surface area contributed by atoms with Crippen LogP contribution in [0.15, 0.2) is 48.6 Å². The first-order valence-electron chi connectivity index (χ1n) is 12.0. The molecule has 0 aromatic heterocycles. The second-order valence-electron chi connectivity index (χ2n) is 9.65. The first-order valence-corrected chi connectivity index (χ1v) is 13.2. The van der Waals surface area contributed by atoms with Gasteiger partial charge in [-0.2, -0.15) is 0 Å². The van der Waals surface area contributed by atoms with Crippen molar-refractivity contribution in [3.63, 3.8) is 0 Å². The second kappa shape index (κ2) is 9.30. The van der Waals surface area contributed by atoms with Gasteiger partial charge in [0.05, 0.1) is 23.2 Å². The van der Waals surface area contributed by atoms with Crippen molar-refractivity contribution in [2.45, 2.75) is 41.7 Å². The lowest BCUT2D eigenvalue weighted by atomic mass is 9.74. The number of hydrogen-bond acceptors (Lipinski definition) is 6. The van der Waals surface area contributed by atoms with Crippen LogP contribution in [0, 0.1) is 11.8 Å². The summed E-state index contributed by atoms with van der Waals surface area (Å²) in [6, 6.07) is 6.24. The summed E-state index contributed by atoms with van der Waals surface area (Å²) in [4.78, 5) is 44.8. The molecule has 0 aliphatic carbocycles. The number of nitrogens with zero attached hydrogens (tertiary/aromatic N) is 2. The molecule has 4 heterocycles. The standard InChI is InChI=1S/C26H29ClN2O5S/c1-25-11-3-2-4-16-34-24(33)20(25)19-22(31)29(14-6-15-30)21-23(32)28(13-5-12-26(19,21)35-25)18-9-7-17(27)8-10-18/h3,5,7-12,19-21,30H,2,4,6,13-16H2,1H3/b11-3-/t19-,20+,21?,25-,26-/m0/s1. The van der Waals surface area contributed by atoms with Gasteiger partial charge in [-0.15, -0.1) is 11.8 Å². The molecule has 0 radical (unpaired) electrons. The zero-order valence-corrected chi connectivity index (χ0v) is 21.1. The van der Waals surface area contributed by atoms with Crippen LogP contribution in [0.5, 0.6) is 0 Å². The van der Waals surface area contributed by atoms with Crippen molar-refractivity contribution in [1.29, 1.82) is 0 Å². The number of allylic oxidation sites excluding steroid dienone is 1. The number of carbonyl (C=O) groups is 3. The quantitative estimate of drug-likeness (QED) is 0.488. The number of esters is 1. The van der Waals surface area contributed by atoms with Crippen molar-refractivity contribution >= 4 is 46.8 Å². The zero-order valence-electron chi connectivity index (χ0n) is 19.6. The first kappa shape index (κ1) is 24.4. The Kier molecular flexibility index (Phi) is 6.48. The minimum atomic E-state index is -0.924. The van der Waals surface area contributed by atoms with E-state index in [2.05, 4.69) is 6.08 Å². The number of anilines is 1. The van der Waals surface area contributed by atoms with E-state index in [1.807, 2.05) is 25.2 Å². The Bertz CT molecular complexity index is 1090. The molecule has 1 N–H and O–H groups in total. The fourth-order valence-corrected chi connectivity index (χ4v) is 8.25. The van der Waals surface area contributed by atoms with Gasteiger partial charge in [0, 0.05) is 35.2 Å². The Balaban J connectivity index is 1.63. The van der Waals surface area contributed by atoms with Crippen molar-refractivity contribution < 1.29 is 24.2 Å². The van der Waals surface area contributed by atoms with Crippen LogP contribution in [0.1, 0.15) is 26.2 Å². The van der Waals surface area contributed by atoms with Crippen molar-refractivity contribution in [2.24, 2.45) is 11.8 Å². The fourth-order valence-electron chi connectivity index (χ4n) is 5.97. The lowest BCUT2D eigenvalue weighted by molar-refractivity contribution is -0.154. The molecule has 5 atom stereocenters. The van der Waals surface area contributed by atoms with Crippen molar-refractivity contribution in [3.8, 4) is 0 Å². The number of likely N-dealkylation sites (tertiary alicyclic amines) is 1. The number of amides is 2. The number of fused-ring (bicyclic) bond motifs is 2. The summed E-state index contributed by atoms with van der Waals surface area (Å²) in [5, 5.41) is 10.1. The molecule has 2 saturated heterocycles. The molecule has 35 heavy (non-hydrogen) atoms. The van der Waals surface area contributed by atoms with Crippen LogP contribution >= 0.6 is 23.4 Å². The van der Waals surface area contributed by atoms with Crippen LogP contribution in [-0.4, -0.2) is 69.6 Å². The summed E-state index contributed by atoms with van der Waals surface area (Å²) in [6.45, 7) is 2.77. The molecule has 4 aliphatic rings. The summed E-state index contributed by atoms with van der Waals surface area (Å²) in [5.74, 6) is -2.27. The molecule has 0 bridgehead atoms. The average molecular weight is 517 g/mol. The zero-order chi connectivity index (χ0) is 24.8. The highest BCUT2D eigenvalue weighted by Gasteiger charge is 2.73. The normalized spacial score (nSPS) is 35.4. The van der Waals surface area contributed by atoms with Gasteiger partial charge in [0.1, 0.15) is 6.04 Å². The molecule has 2 amide bonds. The number of benzene rings is 1. The maximum atomic E-state index is 14.2. The molecule has 0 saturated carbocycles. The molecule has 7 nitrogen and oxygen atoms in total. The molecule has 1 aromatic carbocycles. The molecule has 186 valence electrons. The largest absolute Gasteiger partial charge is 0.465 e. The van der Waals surface area contributed by atoms with E-state index in [0.717, 1.165) is 12.8 Å². The van der Waals surface area contributed by atoms with E-state index in [9.17, 15) is 19.5 Å². The second-order valence-corrected chi connectivity index (χ2v) is 11.9. The Morgan fingerprint density at radius 1 is 1.11 bits per heavy atom. The third kappa shape index (κ3) is 3.90. The maximum Gasteiger partial charge on any atom is 0.311 e.